The molecule has 2 heterocycles. The van der Waals surface area contributed by atoms with Crippen molar-refractivity contribution < 1.29 is 9.29 Å². The normalized spacial score (nSPS) is 12.5. The molecule has 2 aromatic heterocycles. The van der Waals surface area contributed by atoms with E-state index in [2.05, 4.69) is 19.9 Å². The third kappa shape index (κ3) is 2.40. The number of rotatable bonds is 3. The fourth-order valence-electron chi connectivity index (χ4n) is 2.11. The predicted octanol–water partition coefficient (Wildman–Crippen LogP) is 0.352. The molecule has 0 saturated carbocycles. The molecule has 8 nitrogen and oxygen atoms in total. The summed E-state index contributed by atoms with van der Waals surface area (Å²) in [6.45, 7) is 0. The third-order valence-corrected chi connectivity index (χ3v) is 4.07. The number of methoxy groups -OCH3 is 1. The van der Waals surface area contributed by atoms with Gasteiger partial charge in [-0.1, -0.05) is 0 Å². The Morgan fingerprint density at radius 2 is 2.00 bits per heavy atom. The van der Waals surface area contributed by atoms with Crippen LogP contribution < -0.4 is 16.0 Å². The topological polar surface area (TPSA) is 127 Å². The molecule has 0 fully saturated rings. The number of nitrogens with one attached hydrogen (secondary N) is 3. The maximum atomic E-state index is 11.7. The minimum atomic E-state index is -1.17. The Balaban J connectivity index is 2.26. The monoisotopic (exact) mass is 320 g/mol. The van der Waals surface area contributed by atoms with Crippen LogP contribution in [0.1, 0.15) is 0 Å². The van der Waals surface area contributed by atoms with Crippen LogP contribution in [-0.2, 0) is 11.2 Å². The molecular weight excluding hydrogens is 308 g/mol. The molecule has 0 aliphatic rings. The lowest BCUT2D eigenvalue weighted by Gasteiger charge is -2.09. The average Bonchev–Trinajstić information content (AvgIpc) is 2.90. The first-order valence-electron chi connectivity index (χ1n) is 6.23. The second kappa shape index (κ2) is 5.35. The average molecular weight is 320 g/mol. The van der Waals surface area contributed by atoms with Crippen LogP contribution in [-0.4, -0.2) is 37.9 Å². The highest BCUT2D eigenvalue weighted by atomic mass is 32.2. The first-order valence-corrected chi connectivity index (χ1v) is 7.79. The molecule has 22 heavy (non-hydrogen) atoms. The van der Waals surface area contributed by atoms with Gasteiger partial charge in [-0.3, -0.25) is 14.8 Å². The fourth-order valence-corrected chi connectivity index (χ4v) is 2.65. The summed E-state index contributed by atoms with van der Waals surface area (Å²) in [5, 5.41) is 0. The SMILES string of the molecule is COc1ccc([S+](C)[O-])cc1-c1nc2[nH]c(=O)[nH]c(=O)c2[nH]1. The lowest BCUT2D eigenvalue weighted by atomic mass is 10.2. The number of imidazole rings is 1. The van der Waals surface area contributed by atoms with Crippen LogP contribution in [0.4, 0.5) is 0 Å². The molecule has 1 aromatic carbocycles. The van der Waals surface area contributed by atoms with Gasteiger partial charge in [0.2, 0.25) is 0 Å². The quantitative estimate of drug-likeness (QED) is 0.600. The van der Waals surface area contributed by atoms with E-state index in [4.69, 9.17) is 4.74 Å². The Labute approximate surface area is 126 Å². The van der Waals surface area contributed by atoms with Gasteiger partial charge in [-0.05, 0) is 23.3 Å². The molecule has 1 unspecified atom stereocenters. The second-order valence-corrected chi connectivity index (χ2v) is 5.91. The van der Waals surface area contributed by atoms with Crippen LogP contribution in [0, 0.1) is 0 Å². The van der Waals surface area contributed by atoms with E-state index in [1.165, 1.54) is 7.11 Å². The number of hydrogen-bond acceptors (Lipinski definition) is 5. The second-order valence-electron chi connectivity index (χ2n) is 4.53. The number of aromatic nitrogens is 4. The number of hydrogen-bond donors (Lipinski definition) is 3. The molecule has 1 atom stereocenters. The van der Waals surface area contributed by atoms with E-state index in [-0.39, 0.29) is 11.2 Å². The molecule has 9 heteroatoms. The summed E-state index contributed by atoms with van der Waals surface area (Å²) in [6.07, 6.45) is 1.56. The predicted molar refractivity (Wildman–Crippen MR) is 81.7 cm³/mol. The van der Waals surface area contributed by atoms with Gasteiger partial charge in [-0.15, -0.1) is 0 Å². The standard InChI is InChI=1S/C13H12N4O4S/c1-21-8-4-3-6(22(2)20)5-7(8)10-14-9-11(15-10)16-13(19)17-12(9)18/h3-5H,1-2H3,(H3,14,15,16,17,18,19). The number of H-pyrrole nitrogens is 3. The Bertz CT molecular complexity index is 957. The van der Waals surface area contributed by atoms with Crippen LogP contribution in [0.5, 0.6) is 5.75 Å². The first kappa shape index (κ1) is 14.4. The molecule has 3 aromatic rings. The molecule has 0 amide bonds. The summed E-state index contributed by atoms with van der Waals surface area (Å²) in [5.41, 5.74) is -0.349. The number of fused-ring (bicyclic) bond motifs is 1. The Morgan fingerprint density at radius 3 is 2.68 bits per heavy atom. The number of aromatic amines is 3. The smallest absolute Gasteiger partial charge is 0.327 e. The van der Waals surface area contributed by atoms with E-state index in [0.717, 1.165) is 0 Å². The minimum Gasteiger partial charge on any atom is -0.612 e. The van der Waals surface area contributed by atoms with E-state index in [0.29, 0.717) is 22.0 Å². The largest absolute Gasteiger partial charge is 0.612 e. The lowest BCUT2D eigenvalue weighted by molar-refractivity contribution is 0.416. The van der Waals surface area contributed by atoms with Crippen molar-refractivity contribution in [1.82, 2.24) is 19.9 Å². The summed E-state index contributed by atoms with van der Waals surface area (Å²) < 4.78 is 16.9. The summed E-state index contributed by atoms with van der Waals surface area (Å²) in [4.78, 5) is 35.2. The molecule has 0 spiro atoms. The molecular formula is C13H12N4O4S. The van der Waals surface area contributed by atoms with Crippen molar-refractivity contribution in [2.75, 3.05) is 13.4 Å². The minimum absolute atomic E-state index is 0.147. The molecule has 3 N–H and O–H groups in total. The van der Waals surface area contributed by atoms with Crippen LogP contribution in [0.3, 0.4) is 0 Å². The summed E-state index contributed by atoms with van der Waals surface area (Å²) in [6, 6.07) is 5.03. The van der Waals surface area contributed by atoms with E-state index < -0.39 is 22.4 Å². The molecule has 0 bridgehead atoms. The van der Waals surface area contributed by atoms with Gasteiger partial charge in [0, 0.05) is 6.07 Å². The van der Waals surface area contributed by atoms with Gasteiger partial charge < -0.3 is 14.3 Å². The van der Waals surface area contributed by atoms with Crippen molar-refractivity contribution in [3.8, 4) is 17.1 Å². The van der Waals surface area contributed by atoms with Crippen LogP contribution in [0.15, 0.2) is 32.7 Å². The molecule has 0 aliphatic carbocycles. The summed E-state index contributed by atoms with van der Waals surface area (Å²) >= 11 is -1.17. The van der Waals surface area contributed by atoms with E-state index >= 15 is 0 Å². The van der Waals surface area contributed by atoms with Gasteiger partial charge in [0.15, 0.2) is 10.5 Å². The van der Waals surface area contributed by atoms with Crippen molar-refractivity contribution in [3.63, 3.8) is 0 Å². The van der Waals surface area contributed by atoms with Gasteiger partial charge in [-0.25, -0.2) is 9.78 Å². The van der Waals surface area contributed by atoms with Gasteiger partial charge in [0.25, 0.3) is 5.56 Å². The van der Waals surface area contributed by atoms with E-state index in [1.807, 2.05) is 0 Å². The van der Waals surface area contributed by atoms with Gasteiger partial charge in [0.1, 0.15) is 23.3 Å². The van der Waals surface area contributed by atoms with Gasteiger partial charge >= 0.3 is 5.69 Å². The van der Waals surface area contributed by atoms with Crippen molar-refractivity contribution in [1.29, 1.82) is 0 Å². The number of nitrogens with zero attached hydrogens (tertiary/aromatic N) is 1. The van der Waals surface area contributed by atoms with Crippen molar-refractivity contribution in [2.45, 2.75) is 4.90 Å². The van der Waals surface area contributed by atoms with Crippen LogP contribution in [0.2, 0.25) is 0 Å². The highest BCUT2D eigenvalue weighted by molar-refractivity contribution is 7.90. The fraction of sp³-hybridized carbons (Fsp3) is 0.154. The van der Waals surface area contributed by atoms with E-state index in [9.17, 15) is 14.1 Å². The highest BCUT2D eigenvalue weighted by Crippen LogP contribution is 2.30. The van der Waals surface area contributed by atoms with Gasteiger partial charge in [0.05, 0.1) is 12.7 Å². The maximum absolute atomic E-state index is 11.7. The molecule has 0 saturated heterocycles. The zero-order valence-electron chi connectivity index (χ0n) is 11.7. The molecule has 0 radical (unpaired) electrons. The summed E-state index contributed by atoms with van der Waals surface area (Å²) in [5.74, 6) is 0.846. The lowest BCUT2D eigenvalue weighted by Crippen LogP contribution is -2.21. The number of ether oxygens (including phenoxy) is 1. The number of benzene rings is 1. The van der Waals surface area contributed by atoms with Crippen molar-refractivity contribution in [2.24, 2.45) is 0 Å². The Morgan fingerprint density at radius 1 is 1.23 bits per heavy atom. The maximum Gasteiger partial charge on any atom is 0.327 e. The van der Waals surface area contributed by atoms with Crippen LogP contribution >= 0.6 is 0 Å². The van der Waals surface area contributed by atoms with E-state index in [1.54, 1.807) is 24.5 Å². The highest BCUT2D eigenvalue weighted by Gasteiger charge is 2.16. The third-order valence-electron chi connectivity index (χ3n) is 3.15. The Hall–Kier alpha value is -2.52. The molecule has 0 aliphatic heterocycles. The van der Waals surface area contributed by atoms with Crippen LogP contribution in [0.25, 0.3) is 22.6 Å². The van der Waals surface area contributed by atoms with Crippen molar-refractivity contribution in [3.05, 3.63) is 39.0 Å². The zero-order valence-corrected chi connectivity index (χ0v) is 12.5. The Kier molecular flexibility index (Phi) is 3.51. The summed E-state index contributed by atoms with van der Waals surface area (Å²) in [7, 11) is 1.50. The zero-order chi connectivity index (χ0) is 15.9. The van der Waals surface area contributed by atoms with Crippen molar-refractivity contribution >= 4 is 22.3 Å². The van der Waals surface area contributed by atoms with Gasteiger partial charge in [-0.2, -0.15) is 0 Å². The molecule has 114 valence electrons. The first-order chi connectivity index (χ1) is 10.5. The molecule has 3 rings (SSSR count).